The first-order valence-electron chi connectivity index (χ1n) is 8.46. The first-order valence-corrected chi connectivity index (χ1v) is 8.46. The molecule has 0 bridgehead atoms. The number of amides is 1. The topological polar surface area (TPSA) is 44.8 Å². The van der Waals surface area contributed by atoms with Gasteiger partial charge in [0.2, 0.25) is 5.91 Å². The highest BCUT2D eigenvalue weighted by atomic mass is 16.5. The summed E-state index contributed by atoms with van der Waals surface area (Å²) < 4.78 is 5.35. The van der Waals surface area contributed by atoms with Crippen LogP contribution in [0.15, 0.2) is 0 Å². The number of rotatable bonds is 5. The molecule has 2 aliphatic heterocycles. The number of nitrogens with one attached hydrogen (secondary N) is 1. The lowest BCUT2D eigenvalue weighted by Gasteiger charge is -2.29. The minimum Gasteiger partial charge on any atom is -0.379 e. The van der Waals surface area contributed by atoms with E-state index in [0.29, 0.717) is 24.3 Å². The van der Waals surface area contributed by atoms with Gasteiger partial charge in [-0.3, -0.25) is 9.69 Å². The minimum atomic E-state index is 0.318. The third-order valence-corrected chi connectivity index (χ3v) is 4.33. The van der Waals surface area contributed by atoms with Crippen LogP contribution in [0.2, 0.25) is 0 Å². The Bertz CT molecular complexity index is 317. The smallest absolute Gasteiger partial charge is 0.223 e. The normalized spacial score (nSPS) is 25.1. The first kappa shape index (κ1) is 16.7. The molecule has 5 nitrogen and oxygen atoms in total. The van der Waals surface area contributed by atoms with Crippen molar-refractivity contribution in [2.24, 2.45) is 5.92 Å². The van der Waals surface area contributed by atoms with E-state index in [0.717, 1.165) is 65.3 Å². The fourth-order valence-corrected chi connectivity index (χ4v) is 3.19. The van der Waals surface area contributed by atoms with Crippen LogP contribution in [0.3, 0.4) is 0 Å². The van der Waals surface area contributed by atoms with Gasteiger partial charge in [-0.15, -0.1) is 0 Å². The number of morpholine rings is 1. The maximum atomic E-state index is 12.5. The molecule has 21 heavy (non-hydrogen) atoms. The van der Waals surface area contributed by atoms with Gasteiger partial charge < -0.3 is 15.0 Å². The van der Waals surface area contributed by atoms with Gasteiger partial charge in [-0.25, -0.2) is 0 Å². The molecule has 1 N–H and O–H groups in total. The molecular formula is C16H31N3O2. The van der Waals surface area contributed by atoms with Crippen molar-refractivity contribution in [1.82, 2.24) is 15.1 Å². The summed E-state index contributed by atoms with van der Waals surface area (Å²) in [7, 11) is 0. The summed E-state index contributed by atoms with van der Waals surface area (Å²) in [6, 6.07) is 0.458. The minimum absolute atomic E-state index is 0.318. The average Bonchev–Trinajstić information content (AvgIpc) is 2.71. The summed E-state index contributed by atoms with van der Waals surface area (Å²) in [5.74, 6) is 0.991. The second kappa shape index (κ2) is 8.71. The van der Waals surface area contributed by atoms with Crippen LogP contribution in [0.25, 0.3) is 0 Å². The zero-order chi connectivity index (χ0) is 15.1. The average molecular weight is 297 g/mol. The van der Waals surface area contributed by atoms with E-state index in [1.54, 1.807) is 0 Å². The maximum Gasteiger partial charge on any atom is 0.223 e. The Balaban J connectivity index is 1.76. The van der Waals surface area contributed by atoms with Crippen molar-refractivity contribution in [2.45, 2.75) is 39.2 Å². The van der Waals surface area contributed by atoms with Crippen molar-refractivity contribution in [3.05, 3.63) is 0 Å². The molecule has 0 aromatic heterocycles. The summed E-state index contributed by atoms with van der Waals surface area (Å²) in [5, 5.41) is 3.58. The van der Waals surface area contributed by atoms with E-state index < -0.39 is 0 Å². The van der Waals surface area contributed by atoms with Crippen LogP contribution in [0, 0.1) is 5.92 Å². The molecule has 2 rings (SSSR count). The molecule has 2 aliphatic rings. The Kier molecular flexibility index (Phi) is 6.93. The van der Waals surface area contributed by atoms with Gasteiger partial charge in [-0.2, -0.15) is 0 Å². The zero-order valence-corrected chi connectivity index (χ0v) is 13.6. The Morgan fingerprint density at radius 3 is 2.76 bits per heavy atom. The van der Waals surface area contributed by atoms with Gasteiger partial charge >= 0.3 is 0 Å². The number of ether oxygens (including phenoxy) is 1. The summed E-state index contributed by atoms with van der Waals surface area (Å²) in [6.07, 6.45) is 2.86. The maximum absolute atomic E-state index is 12.5. The fourth-order valence-electron chi connectivity index (χ4n) is 3.19. The monoisotopic (exact) mass is 297 g/mol. The highest BCUT2D eigenvalue weighted by molar-refractivity contribution is 5.76. The number of nitrogens with zero attached hydrogens (tertiary/aromatic N) is 2. The first-order chi connectivity index (χ1) is 10.1. The van der Waals surface area contributed by atoms with E-state index in [-0.39, 0.29) is 0 Å². The second-order valence-corrected chi connectivity index (χ2v) is 6.68. The molecular weight excluding hydrogens is 266 g/mol. The SMILES string of the molecule is CC(C)CC1CN(C(=O)CCN2CCOCC2)CCCN1. The molecule has 2 saturated heterocycles. The Morgan fingerprint density at radius 1 is 1.29 bits per heavy atom. The Morgan fingerprint density at radius 2 is 2.05 bits per heavy atom. The predicted molar refractivity (Wildman–Crippen MR) is 84.3 cm³/mol. The van der Waals surface area contributed by atoms with Gasteiger partial charge in [0.15, 0.2) is 0 Å². The van der Waals surface area contributed by atoms with E-state index in [1.165, 1.54) is 0 Å². The standard InChI is InChI=1S/C16H31N3O2/c1-14(2)12-15-13-19(6-3-5-17-15)16(20)4-7-18-8-10-21-11-9-18/h14-15,17H,3-13H2,1-2H3. The number of hydrogen-bond donors (Lipinski definition) is 1. The second-order valence-electron chi connectivity index (χ2n) is 6.68. The van der Waals surface area contributed by atoms with Crippen molar-refractivity contribution in [1.29, 1.82) is 0 Å². The Labute approximate surface area is 129 Å². The molecule has 2 fully saturated rings. The van der Waals surface area contributed by atoms with Gasteiger partial charge in [0.05, 0.1) is 13.2 Å². The molecule has 1 amide bonds. The third-order valence-electron chi connectivity index (χ3n) is 4.33. The zero-order valence-electron chi connectivity index (χ0n) is 13.6. The number of carbonyl (C=O) groups is 1. The van der Waals surface area contributed by atoms with E-state index in [1.807, 2.05) is 0 Å². The number of carbonyl (C=O) groups excluding carboxylic acids is 1. The van der Waals surface area contributed by atoms with Gasteiger partial charge in [0.25, 0.3) is 0 Å². The summed E-state index contributed by atoms with van der Waals surface area (Å²) in [5.41, 5.74) is 0. The molecule has 0 aromatic rings. The quantitative estimate of drug-likeness (QED) is 0.820. The highest BCUT2D eigenvalue weighted by Crippen LogP contribution is 2.11. The Hall–Kier alpha value is -0.650. The van der Waals surface area contributed by atoms with Gasteiger partial charge in [-0.1, -0.05) is 13.8 Å². The summed E-state index contributed by atoms with van der Waals surface area (Å²) in [6.45, 7) is 11.7. The summed E-state index contributed by atoms with van der Waals surface area (Å²) in [4.78, 5) is 16.9. The molecule has 0 aromatic carbocycles. The van der Waals surface area contributed by atoms with E-state index in [9.17, 15) is 4.79 Å². The van der Waals surface area contributed by atoms with E-state index in [2.05, 4.69) is 29.0 Å². The van der Waals surface area contributed by atoms with Crippen LogP contribution >= 0.6 is 0 Å². The lowest BCUT2D eigenvalue weighted by atomic mass is 10.0. The van der Waals surface area contributed by atoms with Crippen molar-refractivity contribution < 1.29 is 9.53 Å². The van der Waals surface area contributed by atoms with Crippen molar-refractivity contribution >= 4 is 5.91 Å². The highest BCUT2D eigenvalue weighted by Gasteiger charge is 2.22. The lowest BCUT2D eigenvalue weighted by Crippen LogP contribution is -2.43. The molecule has 122 valence electrons. The fraction of sp³-hybridized carbons (Fsp3) is 0.938. The largest absolute Gasteiger partial charge is 0.379 e. The van der Waals surface area contributed by atoms with Crippen LogP contribution in [0.1, 0.15) is 33.1 Å². The van der Waals surface area contributed by atoms with Crippen LogP contribution in [0.5, 0.6) is 0 Å². The molecule has 0 saturated carbocycles. The molecule has 0 radical (unpaired) electrons. The molecule has 2 heterocycles. The van der Waals surface area contributed by atoms with E-state index >= 15 is 0 Å². The number of hydrogen-bond acceptors (Lipinski definition) is 4. The van der Waals surface area contributed by atoms with E-state index in [4.69, 9.17) is 4.74 Å². The van der Waals surface area contributed by atoms with Gasteiger partial charge in [0.1, 0.15) is 0 Å². The van der Waals surface area contributed by atoms with Crippen LogP contribution in [-0.2, 0) is 9.53 Å². The van der Waals surface area contributed by atoms with Crippen LogP contribution < -0.4 is 5.32 Å². The molecule has 0 spiro atoms. The summed E-state index contributed by atoms with van der Waals surface area (Å²) >= 11 is 0. The van der Waals surface area contributed by atoms with Crippen LogP contribution in [-0.4, -0.2) is 74.2 Å². The van der Waals surface area contributed by atoms with Crippen molar-refractivity contribution in [3.63, 3.8) is 0 Å². The molecule has 5 heteroatoms. The predicted octanol–water partition coefficient (Wildman–Crippen LogP) is 0.945. The lowest BCUT2D eigenvalue weighted by molar-refractivity contribution is -0.132. The van der Waals surface area contributed by atoms with Gasteiger partial charge in [-0.05, 0) is 25.3 Å². The molecule has 1 unspecified atom stereocenters. The molecule has 1 atom stereocenters. The van der Waals surface area contributed by atoms with Crippen molar-refractivity contribution in [2.75, 3.05) is 52.5 Å². The molecule has 0 aliphatic carbocycles. The van der Waals surface area contributed by atoms with Gasteiger partial charge in [0, 0.05) is 45.2 Å². The van der Waals surface area contributed by atoms with Crippen LogP contribution in [0.4, 0.5) is 0 Å². The van der Waals surface area contributed by atoms with Crippen molar-refractivity contribution in [3.8, 4) is 0 Å². The third kappa shape index (κ3) is 5.93.